The Labute approximate surface area is 157 Å². The Kier molecular flexibility index (Phi) is 5.74. The molecule has 1 heterocycles. The standard InChI is InChI=1S/C20H24O7/c1-25-17-7-11(3-5-15(17)21)19(23)13-9-27-10-14(13)20(24)12-4-6-16(22)18(8-12)26-2/h3-8,13-14,19-24H,9-10H2,1-2H3/t13-,14-,19-,20+/m0/s1. The van der Waals surface area contributed by atoms with E-state index in [0.717, 1.165) is 0 Å². The molecular weight excluding hydrogens is 352 g/mol. The van der Waals surface area contributed by atoms with Gasteiger partial charge in [-0.1, -0.05) is 12.1 Å². The first-order chi connectivity index (χ1) is 13.0. The lowest BCUT2D eigenvalue weighted by Gasteiger charge is -2.27. The van der Waals surface area contributed by atoms with Gasteiger partial charge in [0.15, 0.2) is 23.0 Å². The van der Waals surface area contributed by atoms with Gasteiger partial charge < -0.3 is 34.6 Å². The zero-order valence-corrected chi connectivity index (χ0v) is 15.2. The van der Waals surface area contributed by atoms with Gasteiger partial charge in [-0.05, 0) is 35.4 Å². The summed E-state index contributed by atoms with van der Waals surface area (Å²) in [6.45, 7) is 0.586. The molecule has 0 aromatic heterocycles. The lowest BCUT2D eigenvalue weighted by molar-refractivity contribution is 0.0302. The molecule has 4 atom stereocenters. The van der Waals surface area contributed by atoms with Gasteiger partial charge in [0.1, 0.15) is 0 Å². The molecule has 0 bridgehead atoms. The van der Waals surface area contributed by atoms with Crippen LogP contribution in [0.1, 0.15) is 23.3 Å². The minimum atomic E-state index is -0.902. The Morgan fingerprint density at radius 1 is 0.815 bits per heavy atom. The number of aliphatic hydroxyl groups excluding tert-OH is 2. The van der Waals surface area contributed by atoms with Gasteiger partial charge in [-0.2, -0.15) is 0 Å². The Balaban J connectivity index is 1.84. The first-order valence-corrected chi connectivity index (χ1v) is 8.64. The van der Waals surface area contributed by atoms with Gasteiger partial charge in [-0.3, -0.25) is 0 Å². The zero-order chi connectivity index (χ0) is 19.6. The lowest BCUT2D eigenvalue weighted by atomic mass is 9.81. The van der Waals surface area contributed by atoms with Crippen molar-refractivity contribution in [2.45, 2.75) is 12.2 Å². The van der Waals surface area contributed by atoms with Crippen LogP contribution in [0.3, 0.4) is 0 Å². The first-order valence-electron chi connectivity index (χ1n) is 8.64. The normalized spacial score (nSPS) is 21.6. The predicted molar refractivity (Wildman–Crippen MR) is 97.0 cm³/mol. The molecule has 1 saturated heterocycles. The summed E-state index contributed by atoms with van der Waals surface area (Å²) in [5.74, 6) is -0.187. The van der Waals surface area contributed by atoms with E-state index in [0.29, 0.717) is 24.3 Å². The number of benzene rings is 2. The van der Waals surface area contributed by atoms with Crippen LogP contribution in [0.2, 0.25) is 0 Å². The molecule has 2 aromatic carbocycles. The van der Waals surface area contributed by atoms with Crippen LogP contribution in [-0.4, -0.2) is 47.9 Å². The molecule has 1 aliphatic heterocycles. The summed E-state index contributed by atoms with van der Waals surface area (Å²) in [7, 11) is 2.88. The summed E-state index contributed by atoms with van der Waals surface area (Å²) < 4.78 is 15.7. The fraction of sp³-hybridized carbons (Fsp3) is 0.400. The van der Waals surface area contributed by atoms with Gasteiger partial charge >= 0.3 is 0 Å². The van der Waals surface area contributed by atoms with E-state index in [2.05, 4.69) is 0 Å². The average molecular weight is 376 g/mol. The van der Waals surface area contributed by atoms with Crippen molar-refractivity contribution in [1.29, 1.82) is 0 Å². The molecule has 4 N–H and O–H groups in total. The molecule has 0 amide bonds. The minimum Gasteiger partial charge on any atom is -0.504 e. The number of aliphatic hydroxyl groups is 2. The van der Waals surface area contributed by atoms with Crippen molar-refractivity contribution in [2.75, 3.05) is 27.4 Å². The largest absolute Gasteiger partial charge is 0.504 e. The molecule has 0 aliphatic carbocycles. The summed E-state index contributed by atoms with van der Waals surface area (Å²) in [4.78, 5) is 0. The number of ether oxygens (including phenoxy) is 3. The molecule has 0 spiro atoms. The number of rotatable bonds is 6. The second kappa shape index (κ2) is 8.04. The SMILES string of the molecule is COc1cc([C@@H](O)[C@H]2COC[C@@H]2[C@@H](O)c2ccc(O)c(OC)c2)ccc1O. The molecule has 3 rings (SSSR count). The second-order valence-corrected chi connectivity index (χ2v) is 6.62. The molecule has 0 saturated carbocycles. The van der Waals surface area contributed by atoms with Crippen LogP contribution in [0.25, 0.3) is 0 Å². The average Bonchev–Trinajstić information content (AvgIpc) is 3.17. The van der Waals surface area contributed by atoms with E-state index >= 15 is 0 Å². The van der Waals surface area contributed by atoms with Gasteiger partial charge in [0, 0.05) is 11.8 Å². The molecule has 146 valence electrons. The van der Waals surface area contributed by atoms with Crippen LogP contribution in [-0.2, 0) is 4.74 Å². The Hall–Kier alpha value is -2.48. The number of aromatic hydroxyl groups is 2. The Morgan fingerprint density at radius 3 is 1.59 bits per heavy atom. The Bertz CT molecular complexity index is 726. The fourth-order valence-corrected chi connectivity index (χ4v) is 3.49. The number of hydrogen-bond donors (Lipinski definition) is 4. The van der Waals surface area contributed by atoms with Crippen molar-refractivity contribution in [3.8, 4) is 23.0 Å². The first kappa shape index (κ1) is 19.3. The van der Waals surface area contributed by atoms with Crippen LogP contribution in [0.4, 0.5) is 0 Å². The molecule has 1 aliphatic rings. The van der Waals surface area contributed by atoms with Gasteiger partial charge in [-0.15, -0.1) is 0 Å². The molecule has 7 heteroatoms. The molecule has 27 heavy (non-hydrogen) atoms. The quantitative estimate of drug-likeness (QED) is 0.612. The van der Waals surface area contributed by atoms with E-state index in [4.69, 9.17) is 14.2 Å². The molecule has 1 fully saturated rings. The maximum Gasteiger partial charge on any atom is 0.160 e. The highest BCUT2D eigenvalue weighted by atomic mass is 16.5. The summed E-state index contributed by atoms with van der Waals surface area (Å²) in [6.07, 6.45) is -1.80. The van der Waals surface area contributed by atoms with E-state index in [1.807, 2.05) is 0 Å². The lowest BCUT2D eigenvalue weighted by Crippen LogP contribution is -2.26. The number of methoxy groups -OCH3 is 2. The van der Waals surface area contributed by atoms with E-state index in [1.165, 1.54) is 26.4 Å². The highest BCUT2D eigenvalue weighted by molar-refractivity contribution is 5.43. The van der Waals surface area contributed by atoms with Crippen LogP contribution in [0, 0.1) is 11.8 Å². The van der Waals surface area contributed by atoms with Crippen LogP contribution in [0.15, 0.2) is 36.4 Å². The third-order valence-electron chi connectivity index (χ3n) is 5.07. The van der Waals surface area contributed by atoms with Crippen molar-refractivity contribution < 1.29 is 34.6 Å². The molecular formula is C20H24O7. The van der Waals surface area contributed by atoms with Crippen molar-refractivity contribution in [1.82, 2.24) is 0 Å². The Morgan fingerprint density at radius 2 is 1.22 bits per heavy atom. The third kappa shape index (κ3) is 3.80. The van der Waals surface area contributed by atoms with Crippen LogP contribution >= 0.6 is 0 Å². The van der Waals surface area contributed by atoms with Crippen LogP contribution in [0.5, 0.6) is 23.0 Å². The molecule has 7 nitrogen and oxygen atoms in total. The van der Waals surface area contributed by atoms with Gasteiger partial charge in [0.25, 0.3) is 0 Å². The van der Waals surface area contributed by atoms with Crippen molar-refractivity contribution >= 4 is 0 Å². The van der Waals surface area contributed by atoms with E-state index in [1.54, 1.807) is 24.3 Å². The van der Waals surface area contributed by atoms with Crippen LogP contribution < -0.4 is 9.47 Å². The predicted octanol–water partition coefficient (Wildman–Crippen LogP) is 2.14. The highest BCUT2D eigenvalue weighted by Crippen LogP contribution is 2.42. The summed E-state index contributed by atoms with van der Waals surface area (Å²) in [5, 5.41) is 41.2. The van der Waals surface area contributed by atoms with E-state index < -0.39 is 12.2 Å². The van der Waals surface area contributed by atoms with Crippen molar-refractivity contribution in [2.24, 2.45) is 11.8 Å². The molecule has 0 radical (unpaired) electrons. The fourth-order valence-electron chi connectivity index (χ4n) is 3.49. The smallest absolute Gasteiger partial charge is 0.160 e. The van der Waals surface area contributed by atoms with Crippen molar-refractivity contribution in [3.63, 3.8) is 0 Å². The zero-order valence-electron chi connectivity index (χ0n) is 15.2. The monoisotopic (exact) mass is 376 g/mol. The van der Waals surface area contributed by atoms with Gasteiger partial charge in [-0.25, -0.2) is 0 Å². The number of phenolic OH excluding ortho intramolecular Hbond substituents is 2. The maximum atomic E-state index is 10.8. The maximum absolute atomic E-state index is 10.8. The third-order valence-corrected chi connectivity index (χ3v) is 5.07. The molecule has 0 unspecified atom stereocenters. The van der Waals surface area contributed by atoms with E-state index in [9.17, 15) is 20.4 Å². The topological polar surface area (TPSA) is 109 Å². The number of phenols is 2. The van der Waals surface area contributed by atoms with Crippen molar-refractivity contribution in [3.05, 3.63) is 47.5 Å². The van der Waals surface area contributed by atoms with Gasteiger partial charge in [0.05, 0.1) is 39.6 Å². The van der Waals surface area contributed by atoms with Gasteiger partial charge in [0.2, 0.25) is 0 Å². The second-order valence-electron chi connectivity index (χ2n) is 6.62. The van der Waals surface area contributed by atoms with E-state index in [-0.39, 0.29) is 34.8 Å². The molecule has 2 aromatic rings. The number of hydrogen-bond acceptors (Lipinski definition) is 7. The highest BCUT2D eigenvalue weighted by Gasteiger charge is 2.39. The minimum absolute atomic E-state index is 0.0103. The summed E-state index contributed by atoms with van der Waals surface area (Å²) >= 11 is 0. The summed E-state index contributed by atoms with van der Waals surface area (Å²) in [6, 6.07) is 9.31. The summed E-state index contributed by atoms with van der Waals surface area (Å²) in [5.41, 5.74) is 1.14.